The summed E-state index contributed by atoms with van der Waals surface area (Å²) in [6.07, 6.45) is 0. The summed E-state index contributed by atoms with van der Waals surface area (Å²) >= 11 is 12.2. The number of carbonyl (C=O) groups is 1. The van der Waals surface area contributed by atoms with Gasteiger partial charge in [-0.3, -0.25) is 4.79 Å². The minimum absolute atomic E-state index is 0. The topological polar surface area (TPSA) is 38.3 Å². The predicted molar refractivity (Wildman–Crippen MR) is 78.6 cm³/mol. The van der Waals surface area contributed by atoms with Gasteiger partial charge in [0.2, 0.25) is 0 Å². The van der Waals surface area contributed by atoms with E-state index in [1.165, 1.54) is 6.92 Å². The van der Waals surface area contributed by atoms with Crippen LogP contribution in [0.2, 0.25) is 10.0 Å². The van der Waals surface area contributed by atoms with Crippen LogP contribution in [0.5, 0.6) is 5.75 Å². The summed E-state index contributed by atoms with van der Waals surface area (Å²) in [4.78, 5) is 11.0. The van der Waals surface area contributed by atoms with Gasteiger partial charge in [0.1, 0.15) is 0 Å². The summed E-state index contributed by atoms with van der Waals surface area (Å²) in [5.74, 6) is 0.0329. The number of halogens is 2. The number of rotatable bonds is 3. The molecule has 6 heteroatoms. The summed E-state index contributed by atoms with van der Waals surface area (Å²) in [6, 6.07) is 12.3. The molecule has 0 unspecified atom stereocenters. The van der Waals surface area contributed by atoms with Gasteiger partial charge < -0.3 is 11.5 Å². The molecular formula is C14H12Cl2NNaO2. The van der Waals surface area contributed by atoms with Crippen molar-refractivity contribution >= 4 is 40.5 Å². The van der Waals surface area contributed by atoms with Gasteiger partial charge in [-0.25, -0.2) is 0 Å². The van der Waals surface area contributed by atoms with Gasteiger partial charge in [0.05, 0.1) is 21.4 Å². The summed E-state index contributed by atoms with van der Waals surface area (Å²) in [5, 5.41) is 4.06. The molecule has 0 atom stereocenters. The molecule has 2 aromatic carbocycles. The molecule has 100 valence electrons. The van der Waals surface area contributed by atoms with Gasteiger partial charge in [0, 0.05) is 6.92 Å². The minimum atomic E-state index is -0.389. The monoisotopic (exact) mass is 319 g/mol. The molecule has 2 aromatic rings. The van der Waals surface area contributed by atoms with Crippen molar-refractivity contribution in [2.45, 2.75) is 6.92 Å². The zero-order chi connectivity index (χ0) is 13.8. The molecule has 0 bridgehead atoms. The molecule has 0 saturated carbocycles. The van der Waals surface area contributed by atoms with E-state index in [-0.39, 0.29) is 37.0 Å². The molecule has 0 spiro atoms. The Morgan fingerprint density at radius 3 is 2.30 bits per heavy atom. The Morgan fingerprint density at radius 2 is 1.70 bits per heavy atom. The third-order valence-electron chi connectivity index (χ3n) is 2.36. The quantitative estimate of drug-likeness (QED) is 0.532. The normalized spacial score (nSPS) is 9.55. The van der Waals surface area contributed by atoms with Crippen LogP contribution in [0.25, 0.3) is 0 Å². The standard InChI is InChI=1S/C14H11Cl2NO2.Na.H/c1-9(18)19-13-8-3-2-7-12(13)17-14-10(15)5-4-6-11(14)16;;/h2-8,17H,1H3;;/q;+1;-1. The molecule has 0 amide bonds. The molecule has 2 rings (SSSR count). The zero-order valence-electron chi connectivity index (χ0n) is 12.1. The fourth-order valence-electron chi connectivity index (χ4n) is 1.57. The van der Waals surface area contributed by atoms with E-state index >= 15 is 0 Å². The second-order valence-corrected chi connectivity index (χ2v) is 4.63. The number of ether oxygens (including phenoxy) is 1. The van der Waals surface area contributed by atoms with Crippen molar-refractivity contribution in [3.63, 3.8) is 0 Å². The van der Waals surface area contributed by atoms with Gasteiger partial charge in [-0.2, -0.15) is 0 Å². The van der Waals surface area contributed by atoms with E-state index in [9.17, 15) is 4.79 Å². The molecule has 0 aromatic heterocycles. The number of para-hydroxylation sites is 3. The Labute approximate surface area is 151 Å². The second kappa shape index (κ2) is 7.91. The van der Waals surface area contributed by atoms with E-state index in [4.69, 9.17) is 27.9 Å². The van der Waals surface area contributed by atoms with Crippen LogP contribution in [0.15, 0.2) is 42.5 Å². The smallest absolute Gasteiger partial charge is 1.00 e. The molecule has 0 aliphatic heterocycles. The molecule has 0 aliphatic carbocycles. The Hall–Kier alpha value is -0.710. The van der Waals surface area contributed by atoms with Crippen molar-refractivity contribution in [3.8, 4) is 5.75 Å². The van der Waals surface area contributed by atoms with Crippen LogP contribution in [-0.4, -0.2) is 5.97 Å². The van der Waals surface area contributed by atoms with Crippen LogP contribution in [0.4, 0.5) is 11.4 Å². The zero-order valence-corrected chi connectivity index (χ0v) is 14.6. The van der Waals surface area contributed by atoms with Gasteiger partial charge in [0.15, 0.2) is 5.75 Å². The maximum absolute atomic E-state index is 11.0. The largest absolute Gasteiger partial charge is 1.00 e. The number of carbonyl (C=O) groups excluding carboxylic acids is 1. The van der Waals surface area contributed by atoms with E-state index < -0.39 is 0 Å². The third kappa shape index (κ3) is 4.40. The Balaban J connectivity index is 0.00000200. The number of benzene rings is 2. The minimum Gasteiger partial charge on any atom is -1.00 e. The summed E-state index contributed by atoms with van der Waals surface area (Å²) in [7, 11) is 0. The first-order valence-electron chi connectivity index (χ1n) is 5.56. The van der Waals surface area contributed by atoms with Gasteiger partial charge in [0.25, 0.3) is 0 Å². The van der Waals surface area contributed by atoms with E-state index in [0.29, 0.717) is 27.2 Å². The summed E-state index contributed by atoms with van der Waals surface area (Å²) < 4.78 is 5.11. The van der Waals surface area contributed by atoms with Gasteiger partial charge in [-0.1, -0.05) is 41.4 Å². The third-order valence-corrected chi connectivity index (χ3v) is 2.99. The fraction of sp³-hybridized carbons (Fsp3) is 0.0714. The van der Waals surface area contributed by atoms with E-state index in [0.717, 1.165) is 0 Å². The maximum Gasteiger partial charge on any atom is 1.00 e. The Bertz CT molecular complexity index is 605. The second-order valence-electron chi connectivity index (χ2n) is 3.81. The molecule has 0 heterocycles. The molecule has 0 radical (unpaired) electrons. The van der Waals surface area contributed by atoms with Crippen LogP contribution in [0.3, 0.4) is 0 Å². The van der Waals surface area contributed by atoms with Crippen molar-refractivity contribution in [2.75, 3.05) is 5.32 Å². The van der Waals surface area contributed by atoms with E-state index in [2.05, 4.69) is 5.32 Å². The average Bonchev–Trinajstić information content (AvgIpc) is 2.35. The average molecular weight is 320 g/mol. The first-order valence-corrected chi connectivity index (χ1v) is 6.32. The van der Waals surface area contributed by atoms with E-state index in [1.807, 2.05) is 6.07 Å². The van der Waals surface area contributed by atoms with Gasteiger partial charge in [-0.05, 0) is 24.3 Å². The first kappa shape index (κ1) is 17.3. The van der Waals surface area contributed by atoms with Gasteiger partial charge >= 0.3 is 35.5 Å². The Kier molecular flexibility index (Phi) is 6.86. The van der Waals surface area contributed by atoms with E-state index in [1.54, 1.807) is 36.4 Å². The molecule has 1 N–H and O–H groups in total. The van der Waals surface area contributed by atoms with Crippen molar-refractivity contribution in [1.82, 2.24) is 0 Å². The van der Waals surface area contributed by atoms with Crippen molar-refractivity contribution in [3.05, 3.63) is 52.5 Å². The molecular weight excluding hydrogens is 308 g/mol. The summed E-state index contributed by atoms with van der Waals surface area (Å²) in [5.41, 5.74) is 1.19. The number of hydrogen-bond acceptors (Lipinski definition) is 3. The predicted octanol–water partition coefficient (Wildman–Crippen LogP) is 1.78. The maximum atomic E-state index is 11.0. The van der Waals surface area contributed by atoms with Crippen LogP contribution in [0.1, 0.15) is 8.35 Å². The van der Waals surface area contributed by atoms with Crippen LogP contribution < -0.4 is 39.6 Å². The Morgan fingerprint density at radius 1 is 1.10 bits per heavy atom. The van der Waals surface area contributed by atoms with Crippen LogP contribution in [-0.2, 0) is 4.79 Å². The summed E-state index contributed by atoms with van der Waals surface area (Å²) in [6.45, 7) is 1.35. The molecule has 0 saturated heterocycles. The number of anilines is 2. The van der Waals surface area contributed by atoms with Crippen molar-refractivity contribution in [2.24, 2.45) is 0 Å². The first-order chi connectivity index (χ1) is 9.08. The van der Waals surface area contributed by atoms with Crippen LogP contribution >= 0.6 is 23.2 Å². The number of nitrogens with one attached hydrogen (secondary N) is 1. The van der Waals surface area contributed by atoms with Gasteiger partial charge in [-0.15, -0.1) is 0 Å². The molecule has 0 fully saturated rings. The number of hydrogen-bond donors (Lipinski definition) is 1. The van der Waals surface area contributed by atoms with Crippen LogP contribution in [0, 0.1) is 0 Å². The molecule has 3 nitrogen and oxygen atoms in total. The fourth-order valence-corrected chi connectivity index (χ4v) is 2.06. The molecule has 20 heavy (non-hydrogen) atoms. The number of esters is 1. The SMILES string of the molecule is CC(=O)Oc1ccccc1Nc1c(Cl)cccc1Cl.[H-].[Na+]. The van der Waals surface area contributed by atoms with Crippen molar-refractivity contribution in [1.29, 1.82) is 0 Å². The van der Waals surface area contributed by atoms with Crippen molar-refractivity contribution < 1.29 is 40.5 Å². The molecule has 0 aliphatic rings.